The van der Waals surface area contributed by atoms with Crippen LogP contribution < -0.4 is 0 Å². The quantitative estimate of drug-likeness (QED) is 0.721. The Bertz CT molecular complexity index is 675. The van der Waals surface area contributed by atoms with Crippen molar-refractivity contribution in [1.82, 2.24) is 9.80 Å². The summed E-state index contributed by atoms with van der Waals surface area (Å²) in [6.45, 7) is 3.44. The van der Waals surface area contributed by atoms with Crippen molar-refractivity contribution in [3.05, 3.63) is 34.9 Å². The number of carbonyl (C=O) groups excluding carboxylic acids is 1. The molecule has 2 saturated heterocycles. The fraction of sp³-hybridized carbons (Fsp3) is 0.632. The van der Waals surface area contributed by atoms with Gasteiger partial charge < -0.3 is 9.64 Å². The highest BCUT2D eigenvalue weighted by Gasteiger charge is 2.45. The first-order chi connectivity index (χ1) is 12.7. The maximum absolute atomic E-state index is 12.6. The summed E-state index contributed by atoms with van der Waals surface area (Å²) in [6, 6.07) is 7.78. The van der Waals surface area contributed by atoms with Gasteiger partial charge in [0, 0.05) is 30.2 Å². The number of carbonyl (C=O) groups is 1. The number of hydrogen-bond acceptors (Lipinski definition) is 3. The Labute approximate surface area is 162 Å². The Hall–Kier alpha value is -1.47. The highest BCUT2D eigenvalue weighted by molar-refractivity contribution is 6.30. The lowest BCUT2D eigenvalue weighted by Gasteiger charge is -2.45. The van der Waals surface area contributed by atoms with E-state index in [0.29, 0.717) is 18.1 Å². The van der Waals surface area contributed by atoms with Crippen LogP contribution in [0.25, 0.3) is 0 Å². The highest BCUT2D eigenvalue weighted by atomic mass is 35.5. The third-order valence-electron chi connectivity index (χ3n) is 5.69. The van der Waals surface area contributed by atoms with Crippen molar-refractivity contribution >= 4 is 17.7 Å². The molecule has 1 spiro atoms. The van der Waals surface area contributed by atoms with E-state index in [1.54, 1.807) is 0 Å². The molecule has 0 aromatic heterocycles. The molecule has 2 aliphatic heterocycles. The van der Waals surface area contributed by atoms with E-state index in [2.05, 4.69) is 9.64 Å². The summed E-state index contributed by atoms with van der Waals surface area (Å²) >= 11 is 6.08. The molecule has 0 radical (unpaired) electrons. The van der Waals surface area contributed by atoms with Gasteiger partial charge in [-0.3, -0.25) is 4.90 Å². The number of benzene rings is 1. The summed E-state index contributed by atoms with van der Waals surface area (Å²) in [7, 11) is 0. The summed E-state index contributed by atoms with van der Waals surface area (Å²) in [5.41, 5.74) is 1.14. The molecule has 0 N–H and O–H groups in total. The van der Waals surface area contributed by atoms with E-state index in [1.165, 1.54) is 4.90 Å². The van der Waals surface area contributed by atoms with Gasteiger partial charge in [-0.2, -0.15) is 13.2 Å². The van der Waals surface area contributed by atoms with Crippen molar-refractivity contribution in [3.63, 3.8) is 0 Å². The minimum absolute atomic E-state index is 0.00522. The molecule has 2 aliphatic rings. The molecule has 150 valence electrons. The summed E-state index contributed by atoms with van der Waals surface area (Å²) in [6.07, 6.45) is -3.91. The number of amides is 1. The van der Waals surface area contributed by atoms with Gasteiger partial charge in [0.25, 0.3) is 0 Å². The second kappa shape index (κ2) is 7.87. The van der Waals surface area contributed by atoms with Crippen molar-refractivity contribution < 1.29 is 22.7 Å². The van der Waals surface area contributed by atoms with Crippen molar-refractivity contribution in [2.75, 3.05) is 19.6 Å². The second-order valence-electron chi connectivity index (χ2n) is 7.43. The third kappa shape index (κ3) is 4.69. The smallest absolute Gasteiger partial charge is 0.425 e. The van der Waals surface area contributed by atoms with Gasteiger partial charge >= 0.3 is 12.3 Å². The monoisotopic (exact) mass is 404 g/mol. The van der Waals surface area contributed by atoms with Crippen molar-refractivity contribution in [3.8, 4) is 0 Å². The van der Waals surface area contributed by atoms with E-state index in [9.17, 15) is 18.0 Å². The van der Waals surface area contributed by atoms with Crippen LogP contribution in [-0.4, -0.2) is 53.3 Å². The Kier molecular flexibility index (Phi) is 5.91. The average Bonchev–Trinajstić information content (AvgIpc) is 2.96. The number of ether oxygens (including phenoxy) is 1. The molecule has 8 heteroatoms. The number of piperidine rings is 1. The van der Waals surface area contributed by atoms with Crippen LogP contribution >= 0.6 is 11.6 Å². The van der Waals surface area contributed by atoms with Crippen LogP contribution in [0.1, 0.15) is 38.2 Å². The summed E-state index contributed by atoms with van der Waals surface area (Å²) in [5, 5.41) is 0.706. The highest BCUT2D eigenvalue weighted by Crippen LogP contribution is 2.39. The number of alkyl halides is 3. The molecule has 27 heavy (non-hydrogen) atoms. The Balaban J connectivity index is 1.59. The van der Waals surface area contributed by atoms with Crippen LogP contribution in [0.2, 0.25) is 5.02 Å². The molecule has 1 unspecified atom stereocenters. The zero-order valence-electron chi connectivity index (χ0n) is 15.3. The zero-order chi connectivity index (χ0) is 19.7. The molecule has 2 fully saturated rings. The van der Waals surface area contributed by atoms with Crippen molar-refractivity contribution in [2.45, 2.75) is 57.0 Å². The maximum atomic E-state index is 12.6. The number of rotatable bonds is 3. The molecule has 0 saturated carbocycles. The normalized spacial score (nSPS) is 21.4. The molecular formula is C19H24ClF3N2O2. The van der Waals surface area contributed by atoms with Crippen molar-refractivity contribution in [1.29, 1.82) is 0 Å². The van der Waals surface area contributed by atoms with E-state index < -0.39 is 18.4 Å². The van der Waals surface area contributed by atoms with Gasteiger partial charge in [0.2, 0.25) is 0 Å². The summed E-state index contributed by atoms with van der Waals surface area (Å²) < 4.78 is 42.4. The largest absolute Gasteiger partial charge is 0.437 e. The summed E-state index contributed by atoms with van der Waals surface area (Å²) in [4.78, 5) is 15.9. The van der Waals surface area contributed by atoms with Gasteiger partial charge in [-0.1, -0.05) is 23.7 Å². The van der Waals surface area contributed by atoms with E-state index in [0.717, 1.165) is 51.3 Å². The zero-order valence-corrected chi connectivity index (χ0v) is 16.0. The van der Waals surface area contributed by atoms with E-state index in [4.69, 9.17) is 11.6 Å². The van der Waals surface area contributed by atoms with Crippen LogP contribution in [0.15, 0.2) is 24.3 Å². The number of hydrogen-bond donors (Lipinski definition) is 0. The van der Waals surface area contributed by atoms with Gasteiger partial charge in [-0.25, -0.2) is 4.79 Å². The van der Waals surface area contributed by atoms with E-state index >= 15 is 0 Å². The van der Waals surface area contributed by atoms with Crippen LogP contribution in [0.5, 0.6) is 0 Å². The predicted octanol–water partition coefficient (Wildman–Crippen LogP) is 4.86. The topological polar surface area (TPSA) is 32.8 Å². The molecule has 2 heterocycles. The molecular weight excluding hydrogens is 381 g/mol. The van der Waals surface area contributed by atoms with E-state index in [-0.39, 0.29) is 5.54 Å². The van der Waals surface area contributed by atoms with Gasteiger partial charge in [0.15, 0.2) is 6.10 Å². The van der Waals surface area contributed by atoms with Gasteiger partial charge in [0.05, 0.1) is 0 Å². The fourth-order valence-corrected chi connectivity index (χ4v) is 4.27. The lowest BCUT2D eigenvalue weighted by molar-refractivity contribution is -0.200. The number of nitrogens with zero attached hydrogens (tertiary/aromatic N) is 2. The second-order valence-corrected chi connectivity index (χ2v) is 7.87. The van der Waals surface area contributed by atoms with Crippen LogP contribution in [0.4, 0.5) is 18.0 Å². The molecule has 1 atom stereocenters. The van der Waals surface area contributed by atoms with Crippen LogP contribution in [-0.2, 0) is 11.3 Å². The average molecular weight is 405 g/mol. The standard InChI is InChI=1S/C19H24ClF3N2O2/c1-14(19(21,22)23)27-17(26)24-10-7-18(8-11-24)6-3-9-25(18)13-15-4-2-5-16(20)12-15/h2,4-5,12,14H,3,6-11,13H2,1H3. The first-order valence-electron chi connectivity index (χ1n) is 9.21. The molecule has 1 aromatic carbocycles. The Morgan fingerprint density at radius 3 is 2.59 bits per heavy atom. The number of likely N-dealkylation sites (tertiary alicyclic amines) is 2. The van der Waals surface area contributed by atoms with Crippen LogP contribution in [0, 0.1) is 0 Å². The first kappa shape index (κ1) is 20.3. The van der Waals surface area contributed by atoms with E-state index in [1.807, 2.05) is 24.3 Å². The maximum Gasteiger partial charge on any atom is 0.425 e. The summed E-state index contributed by atoms with van der Waals surface area (Å²) in [5.74, 6) is 0. The van der Waals surface area contributed by atoms with Gasteiger partial charge in [-0.05, 0) is 56.8 Å². The molecule has 0 bridgehead atoms. The SMILES string of the molecule is CC(OC(=O)N1CCC2(CCCN2Cc2cccc(Cl)c2)CC1)C(F)(F)F. The van der Waals surface area contributed by atoms with Gasteiger partial charge in [0.1, 0.15) is 0 Å². The molecule has 1 amide bonds. The fourth-order valence-electron chi connectivity index (χ4n) is 4.06. The lowest BCUT2D eigenvalue weighted by atomic mass is 9.85. The number of halogens is 4. The van der Waals surface area contributed by atoms with Crippen LogP contribution in [0.3, 0.4) is 0 Å². The molecule has 0 aliphatic carbocycles. The first-order valence-corrected chi connectivity index (χ1v) is 9.59. The van der Waals surface area contributed by atoms with Gasteiger partial charge in [-0.15, -0.1) is 0 Å². The minimum Gasteiger partial charge on any atom is -0.437 e. The minimum atomic E-state index is -4.54. The lowest BCUT2D eigenvalue weighted by Crippen LogP contribution is -2.53. The predicted molar refractivity (Wildman–Crippen MR) is 96.6 cm³/mol. The molecule has 1 aromatic rings. The molecule has 4 nitrogen and oxygen atoms in total. The third-order valence-corrected chi connectivity index (χ3v) is 5.93. The molecule has 3 rings (SSSR count). The van der Waals surface area contributed by atoms with Crippen molar-refractivity contribution in [2.24, 2.45) is 0 Å². The Morgan fingerprint density at radius 2 is 1.96 bits per heavy atom. The Morgan fingerprint density at radius 1 is 1.26 bits per heavy atom.